The van der Waals surface area contributed by atoms with Crippen LogP contribution in [0.5, 0.6) is 0 Å². The molecule has 0 saturated heterocycles. The monoisotopic (exact) mass is 216 g/mol. The van der Waals surface area contributed by atoms with Crippen LogP contribution in [-0.2, 0) is 6.54 Å². The van der Waals surface area contributed by atoms with E-state index in [-0.39, 0.29) is 5.91 Å². The van der Waals surface area contributed by atoms with Crippen molar-refractivity contribution in [1.29, 1.82) is 0 Å². The number of nitrogens with two attached hydrogens (primary N) is 1. The van der Waals surface area contributed by atoms with E-state index in [0.717, 1.165) is 5.56 Å². The molecule has 0 aliphatic rings. The highest BCUT2D eigenvalue weighted by Crippen LogP contribution is 2.06. The summed E-state index contributed by atoms with van der Waals surface area (Å²) in [7, 11) is 0. The molecule has 0 atom stereocenters. The smallest absolute Gasteiger partial charge is 0.265 e. The molecule has 1 aromatic heterocycles. The predicted molar refractivity (Wildman–Crippen MR) is 59.4 cm³/mol. The molecule has 0 aliphatic carbocycles. The third-order valence-electron chi connectivity index (χ3n) is 2.24. The van der Waals surface area contributed by atoms with Crippen LogP contribution in [0.3, 0.4) is 0 Å². The summed E-state index contributed by atoms with van der Waals surface area (Å²) < 4.78 is 1.93. The van der Waals surface area contributed by atoms with Crippen molar-refractivity contribution in [3.8, 4) is 0 Å². The van der Waals surface area contributed by atoms with Gasteiger partial charge in [-0.15, -0.1) is 0 Å². The maximum atomic E-state index is 11.3. The van der Waals surface area contributed by atoms with Crippen LogP contribution in [-0.4, -0.2) is 15.5 Å². The summed E-state index contributed by atoms with van der Waals surface area (Å²) in [6, 6.07) is 7.31. The number of nitrogens with one attached hydrogen (secondary N) is 1. The van der Waals surface area contributed by atoms with Gasteiger partial charge in [0, 0.05) is 24.5 Å². The minimum absolute atomic E-state index is 0.285. The zero-order valence-electron chi connectivity index (χ0n) is 8.63. The molecule has 5 heteroatoms. The summed E-state index contributed by atoms with van der Waals surface area (Å²) in [5, 5.41) is 0. The van der Waals surface area contributed by atoms with Crippen molar-refractivity contribution in [3.05, 3.63) is 54.1 Å². The maximum absolute atomic E-state index is 11.3. The lowest BCUT2D eigenvalue weighted by molar-refractivity contribution is 0.0953. The van der Waals surface area contributed by atoms with Gasteiger partial charge in [0.05, 0.1) is 6.33 Å². The van der Waals surface area contributed by atoms with Gasteiger partial charge in [-0.05, 0) is 17.7 Å². The molecule has 5 nitrogen and oxygen atoms in total. The number of hydrogen-bond acceptors (Lipinski definition) is 3. The first kappa shape index (κ1) is 10.4. The highest BCUT2D eigenvalue weighted by Gasteiger charge is 2.03. The molecule has 0 spiro atoms. The molecule has 3 N–H and O–H groups in total. The third kappa shape index (κ3) is 2.26. The van der Waals surface area contributed by atoms with Gasteiger partial charge in [-0.25, -0.2) is 10.8 Å². The summed E-state index contributed by atoms with van der Waals surface area (Å²) in [5.74, 6) is 4.79. The van der Waals surface area contributed by atoms with Crippen LogP contribution in [0, 0.1) is 0 Å². The SMILES string of the molecule is NNC(=O)c1cccc(Cn2ccnc2)c1. The van der Waals surface area contributed by atoms with Gasteiger partial charge in [0.15, 0.2) is 0 Å². The van der Waals surface area contributed by atoms with Gasteiger partial charge in [0.2, 0.25) is 0 Å². The fraction of sp³-hybridized carbons (Fsp3) is 0.0909. The molecule has 0 radical (unpaired) electrons. The second-order valence-electron chi connectivity index (χ2n) is 3.41. The number of carbonyl (C=O) groups is 1. The Labute approximate surface area is 92.9 Å². The van der Waals surface area contributed by atoms with E-state index < -0.39 is 0 Å². The Balaban J connectivity index is 2.19. The lowest BCUT2D eigenvalue weighted by Crippen LogP contribution is -2.30. The standard InChI is InChI=1S/C11H12N4O/c12-14-11(16)10-3-1-2-9(6-10)7-15-5-4-13-8-15/h1-6,8H,7,12H2,(H,14,16). The van der Waals surface area contributed by atoms with Crippen molar-refractivity contribution in [2.75, 3.05) is 0 Å². The molecule has 0 aliphatic heterocycles. The molecule has 1 heterocycles. The zero-order chi connectivity index (χ0) is 11.4. The van der Waals surface area contributed by atoms with E-state index in [1.807, 2.05) is 29.0 Å². The van der Waals surface area contributed by atoms with Crippen molar-refractivity contribution in [3.63, 3.8) is 0 Å². The second-order valence-corrected chi connectivity index (χ2v) is 3.41. The van der Waals surface area contributed by atoms with Crippen LogP contribution in [0.1, 0.15) is 15.9 Å². The number of aromatic nitrogens is 2. The van der Waals surface area contributed by atoms with Crippen molar-refractivity contribution in [1.82, 2.24) is 15.0 Å². The Morgan fingerprint density at radius 2 is 2.38 bits per heavy atom. The van der Waals surface area contributed by atoms with Crippen LogP contribution < -0.4 is 11.3 Å². The van der Waals surface area contributed by atoms with E-state index in [0.29, 0.717) is 12.1 Å². The average Bonchev–Trinajstić information content (AvgIpc) is 2.81. The molecule has 0 bridgehead atoms. The predicted octanol–water partition coefficient (Wildman–Crippen LogP) is 0.535. The fourth-order valence-corrected chi connectivity index (χ4v) is 1.49. The average molecular weight is 216 g/mol. The number of hydrogen-bond donors (Lipinski definition) is 2. The quantitative estimate of drug-likeness (QED) is 0.446. The number of imidazole rings is 1. The van der Waals surface area contributed by atoms with E-state index >= 15 is 0 Å². The number of nitrogens with zero attached hydrogens (tertiary/aromatic N) is 2. The molecular formula is C11H12N4O. The summed E-state index contributed by atoms with van der Waals surface area (Å²) >= 11 is 0. The highest BCUT2D eigenvalue weighted by molar-refractivity contribution is 5.93. The van der Waals surface area contributed by atoms with Crippen molar-refractivity contribution >= 4 is 5.91 Å². The molecule has 0 unspecified atom stereocenters. The summed E-state index contributed by atoms with van der Waals surface area (Å²) in [4.78, 5) is 15.3. The van der Waals surface area contributed by atoms with Crippen molar-refractivity contribution < 1.29 is 4.79 Å². The van der Waals surface area contributed by atoms with Crippen LogP contribution in [0.4, 0.5) is 0 Å². The molecule has 82 valence electrons. The van der Waals surface area contributed by atoms with Gasteiger partial charge in [-0.1, -0.05) is 12.1 Å². The Morgan fingerprint density at radius 1 is 1.50 bits per heavy atom. The third-order valence-corrected chi connectivity index (χ3v) is 2.24. The topological polar surface area (TPSA) is 72.9 Å². The number of carbonyl (C=O) groups excluding carboxylic acids is 1. The fourth-order valence-electron chi connectivity index (χ4n) is 1.49. The highest BCUT2D eigenvalue weighted by atomic mass is 16.2. The van der Waals surface area contributed by atoms with Crippen LogP contribution >= 0.6 is 0 Å². The summed E-state index contributed by atoms with van der Waals surface area (Å²) in [5.41, 5.74) is 3.69. The molecule has 16 heavy (non-hydrogen) atoms. The minimum atomic E-state index is -0.285. The van der Waals surface area contributed by atoms with Crippen molar-refractivity contribution in [2.45, 2.75) is 6.54 Å². The largest absolute Gasteiger partial charge is 0.333 e. The number of amides is 1. The first-order valence-electron chi connectivity index (χ1n) is 4.85. The van der Waals surface area contributed by atoms with Crippen LogP contribution in [0.25, 0.3) is 0 Å². The van der Waals surface area contributed by atoms with E-state index in [4.69, 9.17) is 5.84 Å². The van der Waals surface area contributed by atoms with Crippen LogP contribution in [0.15, 0.2) is 43.0 Å². The number of hydrazine groups is 1. The van der Waals surface area contributed by atoms with E-state index in [1.165, 1.54) is 0 Å². The summed E-state index contributed by atoms with van der Waals surface area (Å²) in [6.07, 6.45) is 5.32. The van der Waals surface area contributed by atoms with E-state index in [9.17, 15) is 4.79 Å². The molecule has 0 fully saturated rings. The van der Waals surface area contributed by atoms with E-state index in [1.54, 1.807) is 18.6 Å². The van der Waals surface area contributed by atoms with E-state index in [2.05, 4.69) is 10.4 Å². The molecule has 0 saturated carbocycles. The lowest BCUT2D eigenvalue weighted by Gasteiger charge is -2.05. The normalized spacial score (nSPS) is 10.1. The van der Waals surface area contributed by atoms with Crippen molar-refractivity contribution in [2.24, 2.45) is 5.84 Å². The number of nitrogen functional groups attached to an aromatic ring is 1. The molecule has 1 amide bonds. The molecule has 2 rings (SSSR count). The number of benzene rings is 1. The Morgan fingerprint density at radius 3 is 3.06 bits per heavy atom. The van der Waals surface area contributed by atoms with Gasteiger partial charge in [-0.3, -0.25) is 10.2 Å². The molecule has 1 aromatic carbocycles. The Kier molecular flexibility index (Phi) is 2.98. The van der Waals surface area contributed by atoms with Crippen LogP contribution in [0.2, 0.25) is 0 Å². The first-order valence-corrected chi connectivity index (χ1v) is 4.85. The van der Waals surface area contributed by atoms with Gasteiger partial charge in [0.25, 0.3) is 5.91 Å². The Hall–Kier alpha value is -2.14. The first-order chi connectivity index (χ1) is 7.79. The maximum Gasteiger partial charge on any atom is 0.265 e. The van der Waals surface area contributed by atoms with Gasteiger partial charge in [-0.2, -0.15) is 0 Å². The second kappa shape index (κ2) is 4.59. The van der Waals surface area contributed by atoms with Gasteiger partial charge in [0.1, 0.15) is 0 Å². The number of rotatable bonds is 3. The molecular weight excluding hydrogens is 204 g/mol. The lowest BCUT2D eigenvalue weighted by atomic mass is 10.1. The zero-order valence-corrected chi connectivity index (χ0v) is 8.63. The summed E-state index contributed by atoms with van der Waals surface area (Å²) in [6.45, 7) is 0.686. The van der Waals surface area contributed by atoms with Gasteiger partial charge >= 0.3 is 0 Å². The molecule has 2 aromatic rings. The Bertz CT molecular complexity index is 478. The van der Waals surface area contributed by atoms with Gasteiger partial charge < -0.3 is 4.57 Å². The minimum Gasteiger partial charge on any atom is -0.333 e.